The molecule has 2 saturated heterocycles. The monoisotopic (exact) mass is 322 g/mol. The number of hydrogen-bond acceptors (Lipinski definition) is 4. The van der Waals surface area contributed by atoms with Gasteiger partial charge in [0.25, 0.3) is 0 Å². The Hall–Kier alpha value is -1.14. The zero-order valence-corrected chi connectivity index (χ0v) is 14.1. The van der Waals surface area contributed by atoms with Gasteiger partial charge in [-0.1, -0.05) is 19.3 Å². The van der Waals surface area contributed by atoms with E-state index in [2.05, 4.69) is 4.90 Å². The fourth-order valence-electron chi connectivity index (χ4n) is 4.37. The third kappa shape index (κ3) is 4.23. The smallest absolute Gasteiger partial charge is 0.231 e. The highest BCUT2D eigenvalue weighted by Gasteiger charge is 2.35. The lowest BCUT2D eigenvalue weighted by atomic mass is 9.94. The van der Waals surface area contributed by atoms with Crippen LogP contribution in [0.4, 0.5) is 0 Å². The summed E-state index contributed by atoms with van der Waals surface area (Å²) in [7, 11) is 0. The summed E-state index contributed by atoms with van der Waals surface area (Å²) in [6.07, 6.45) is 7.71. The van der Waals surface area contributed by atoms with Gasteiger partial charge in [0, 0.05) is 38.8 Å². The Kier molecular flexibility index (Phi) is 5.54. The number of hydrogen-bond donors (Lipinski definition) is 1. The Bertz CT molecular complexity index is 428. The Morgan fingerprint density at radius 1 is 0.913 bits per heavy atom. The summed E-state index contributed by atoms with van der Waals surface area (Å²) in [5, 5.41) is 0. The van der Waals surface area contributed by atoms with Crippen LogP contribution in [0.2, 0.25) is 0 Å². The molecule has 0 aromatic heterocycles. The normalized spacial score (nSPS) is 28.2. The van der Waals surface area contributed by atoms with Crippen LogP contribution in [0.3, 0.4) is 0 Å². The van der Waals surface area contributed by atoms with E-state index in [9.17, 15) is 9.59 Å². The molecule has 0 radical (unpaired) electrons. The second kappa shape index (κ2) is 7.62. The van der Waals surface area contributed by atoms with Crippen LogP contribution in [-0.4, -0.2) is 78.4 Å². The number of carbonyl (C=O) groups is 2. The first-order valence-corrected chi connectivity index (χ1v) is 9.17. The van der Waals surface area contributed by atoms with Gasteiger partial charge in [-0.2, -0.15) is 0 Å². The maximum Gasteiger partial charge on any atom is 0.231 e. The molecule has 2 amide bonds. The molecule has 1 aliphatic carbocycles. The quantitative estimate of drug-likeness (QED) is 0.807. The summed E-state index contributed by atoms with van der Waals surface area (Å²) in [4.78, 5) is 30.3. The standard InChI is InChI=1S/C17H30N4O2/c18-16(22)13-19-8-10-20(11-9-19)17(23)14-6-7-21(12-14)15-4-2-1-3-5-15/h14-15H,1-13H2,(H2,18,22). The van der Waals surface area contributed by atoms with Gasteiger partial charge in [0.1, 0.15) is 0 Å². The highest BCUT2D eigenvalue weighted by atomic mass is 16.2. The Morgan fingerprint density at radius 2 is 1.61 bits per heavy atom. The predicted molar refractivity (Wildman–Crippen MR) is 88.8 cm³/mol. The molecule has 0 aromatic carbocycles. The molecule has 0 spiro atoms. The van der Waals surface area contributed by atoms with Crippen molar-refractivity contribution in [2.75, 3.05) is 45.8 Å². The lowest BCUT2D eigenvalue weighted by molar-refractivity contribution is -0.137. The molecule has 2 aliphatic heterocycles. The summed E-state index contributed by atoms with van der Waals surface area (Å²) in [6, 6.07) is 0.717. The van der Waals surface area contributed by atoms with Crippen LogP contribution >= 0.6 is 0 Å². The molecule has 3 fully saturated rings. The first-order valence-electron chi connectivity index (χ1n) is 9.17. The Morgan fingerprint density at radius 3 is 2.26 bits per heavy atom. The third-order valence-corrected chi connectivity index (χ3v) is 5.72. The second-order valence-corrected chi connectivity index (χ2v) is 7.34. The number of piperazine rings is 1. The predicted octanol–water partition coefficient (Wildman–Crippen LogP) is 0.271. The van der Waals surface area contributed by atoms with Crippen LogP contribution in [0.25, 0.3) is 0 Å². The van der Waals surface area contributed by atoms with Crippen LogP contribution in [0.5, 0.6) is 0 Å². The first kappa shape index (κ1) is 16.7. The number of nitrogens with zero attached hydrogens (tertiary/aromatic N) is 3. The number of likely N-dealkylation sites (tertiary alicyclic amines) is 1. The van der Waals surface area contributed by atoms with E-state index in [0.717, 1.165) is 45.7 Å². The highest BCUT2D eigenvalue weighted by molar-refractivity contribution is 5.79. The highest BCUT2D eigenvalue weighted by Crippen LogP contribution is 2.28. The van der Waals surface area contributed by atoms with Crippen molar-refractivity contribution in [1.82, 2.24) is 14.7 Å². The molecule has 1 saturated carbocycles. The molecule has 23 heavy (non-hydrogen) atoms. The number of amides is 2. The molecular formula is C17H30N4O2. The summed E-state index contributed by atoms with van der Waals surface area (Å²) in [6.45, 7) is 5.31. The maximum absolute atomic E-state index is 12.7. The lowest BCUT2D eigenvalue weighted by Gasteiger charge is -2.35. The molecule has 3 aliphatic rings. The van der Waals surface area contributed by atoms with Crippen LogP contribution in [-0.2, 0) is 9.59 Å². The molecule has 0 aromatic rings. The molecular weight excluding hydrogens is 292 g/mol. The Balaban J connectivity index is 1.45. The number of primary amides is 1. The number of carbonyl (C=O) groups excluding carboxylic acids is 2. The van der Waals surface area contributed by atoms with Crippen molar-refractivity contribution in [3.05, 3.63) is 0 Å². The van der Waals surface area contributed by atoms with Gasteiger partial charge in [-0.05, 0) is 25.8 Å². The average Bonchev–Trinajstić information content (AvgIpc) is 3.05. The zero-order chi connectivity index (χ0) is 16.2. The summed E-state index contributed by atoms with van der Waals surface area (Å²) in [5.74, 6) is 0.213. The molecule has 2 N–H and O–H groups in total. The molecule has 3 rings (SSSR count). The van der Waals surface area contributed by atoms with E-state index in [1.165, 1.54) is 32.1 Å². The van der Waals surface area contributed by atoms with Crippen molar-refractivity contribution in [2.24, 2.45) is 11.7 Å². The fraction of sp³-hybridized carbons (Fsp3) is 0.882. The van der Waals surface area contributed by atoms with Gasteiger partial charge in [0.2, 0.25) is 11.8 Å². The van der Waals surface area contributed by atoms with Gasteiger partial charge in [-0.25, -0.2) is 0 Å². The maximum atomic E-state index is 12.7. The van der Waals surface area contributed by atoms with Crippen molar-refractivity contribution >= 4 is 11.8 Å². The fourth-order valence-corrected chi connectivity index (χ4v) is 4.37. The van der Waals surface area contributed by atoms with Gasteiger partial charge < -0.3 is 10.6 Å². The minimum absolute atomic E-state index is 0.180. The third-order valence-electron chi connectivity index (χ3n) is 5.72. The van der Waals surface area contributed by atoms with Crippen LogP contribution in [0, 0.1) is 5.92 Å². The van der Waals surface area contributed by atoms with Crippen molar-refractivity contribution in [3.63, 3.8) is 0 Å². The van der Waals surface area contributed by atoms with Crippen molar-refractivity contribution in [2.45, 2.75) is 44.6 Å². The summed E-state index contributed by atoms with van der Waals surface area (Å²) >= 11 is 0. The molecule has 1 atom stereocenters. The Labute approximate surface area is 139 Å². The average molecular weight is 322 g/mol. The van der Waals surface area contributed by atoms with Crippen molar-refractivity contribution in [1.29, 1.82) is 0 Å². The van der Waals surface area contributed by atoms with Gasteiger partial charge in [-0.15, -0.1) is 0 Å². The second-order valence-electron chi connectivity index (χ2n) is 7.34. The van der Waals surface area contributed by atoms with Crippen LogP contribution in [0.15, 0.2) is 0 Å². The van der Waals surface area contributed by atoms with E-state index in [-0.39, 0.29) is 11.8 Å². The molecule has 2 heterocycles. The first-order chi connectivity index (χ1) is 11.1. The molecule has 1 unspecified atom stereocenters. The van der Waals surface area contributed by atoms with E-state index in [1.54, 1.807) is 0 Å². The summed E-state index contributed by atoms with van der Waals surface area (Å²) in [5.41, 5.74) is 5.24. The molecule has 6 nitrogen and oxygen atoms in total. The zero-order valence-electron chi connectivity index (χ0n) is 14.1. The largest absolute Gasteiger partial charge is 0.369 e. The van der Waals surface area contributed by atoms with E-state index in [1.807, 2.05) is 9.80 Å². The number of rotatable bonds is 4. The van der Waals surface area contributed by atoms with E-state index >= 15 is 0 Å². The SMILES string of the molecule is NC(=O)CN1CCN(C(=O)C2CCN(C3CCCCC3)C2)CC1. The molecule has 0 bridgehead atoms. The van der Waals surface area contributed by atoms with Gasteiger partial charge in [0.05, 0.1) is 12.5 Å². The van der Waals surface area contributed by atoms with E-state index in [4.69, 9.17) is 5.73 Å². The van der Waals surface area contributed by atoms with Crippen LogP contribution in [0.1, 0.15) is 38.5 Å². The topological polar surface area (TPSA) is 69.9 Å². The minimum Gasteiger partial charge on any atom is -0.369 e. The van der Waals surface area contributed by atoms with Crippen molar-refractivity contribution in [3.8, 4) is 0 Å². The molecule has 6 heteroatoms. The summed E-state index contributed by atoms with van der Waals surface area (Å²) < 4.78 is 0. The number of nitrogens with two attached hydrogens (primary N) is 1. The van der Waals surface area contributed by atoms with Gasteiger partial charge >= 0.3 is 0 Å². The van der Waals surface area contributed by atoms with E-state index in [0.29, 0.717) is 18.5 Å². The van der Waals surface area contributed by atoms with Gasteiger partial charge in [0.15, 0.2) is 0 Å². The van der Waals surface area contributed by atoms with Crippen molar-refractivity contribution < 1.29 is 9.59 Å². The minimum atomic E-state index is -0.288. The van der Waals surface area contributed by atoms with Gasteiger partial charge in [-0.3, -0.25) is 19.4 Å². The molecule has 130 valence electrons. The lowest BCUT2D eigenvalue weighted by Crippen LogP contribution is -2.52. The van der Waals surface area contributed by atoms with E-state index < -0.39 is 0 Å². The van der Waals surface area contributed by atoms with Crippen LogP contribution < -0.4 is 5.73 Å².